The summed E-state index contributed by atoms with van der Waals surface area (Å²) in [6, 6.07) is 14.8. The predicted octanol–water partition coefficient (Wildman–Crippen LogP) is 3.44. The van der Waals surface area contributed by atoms with Crippen LogP contribution in [0.15, 0.2) is 59.6 Å². The Balaban J connectivity index is 1.46. The van der Waals surface area contributed by atoms with Gasteiger partial charge in [0.2, 0.25) is 10.0 Å². The van der Waals surface area contributed by atoms with Gasteiger partial charge >= 0.3 is 0 Å². The third-order valence-corrected chi connectivity index (χ3v) is 7.44. The second-order valence-corrected chi connectivity index (χ2v) is 9.61. The molecule has 0 atom stereocenters. The fourth-order valence-corrected chi connectivity index (χ4v) is 5.15. The lowest BCUT2D eigenvalue weighted by molar-refractivity contribution is 0.0700. The summed E-state index contributed by atoms with van der Waals surface area (Å²) in [5.41, 5.74) is 2.65. The van der Waals surface area contributed by atoms with Crippen molar-refractivity contribution in [2.24, 2.45) is 0 Å². The quantitative estimate of drug-likeness (QED) is 0.715. The fourth-order valence-electron chi connectivity index (χ4n) is 3.72. The minimum absolute atomic E-state index is 0.0687. The van der Waals surface area contributed by atoms with E-state index in [9.17, 15) is 13.2 Å². The fraction of sp³-hybridized carbons (Fsp3) is 0.318. The van der Waals surface area contributed by atoms with Crippen molar-refractivity contribution < 1.29 is 13.2 Å². The number of hydrogen-bond donors (Lipinski definition) is 1. The largest absolute Gasteiger partial charge is 0.360 e. The normalized spacial score (nSPS) is 15.9. The van der Waals surface area contributed by atoms with Crippen molar-refractivity contribution in [2.75, 3.05) is 26.2 Å². The Morgan fingerprint density at radius 3 is 2.28 bits per heavy atom. The summed E-state index contributed by atoms with van der Waals surface area (Å²) in [6.07, 6.45) is 1.73. The Bertz CT molecular complexity index is 1130. The molecule has 0 unspecified atom stereocenters. The van der Waals surface area contributed by atoms with Crippen molar-refractivity contribution in [3.8, 4) is 0 Å². The van der Waals surface area contributed by atoms with Gasteiger partial charge in [0.15, 0.2) is 0 Å². The van der Waals surface area contributed by atoms with Gasteiger partial charge in [-0.1, -0.05) is 44.2 Å². The molecule has 0 saturated carbocycles. The number of piperazine rings is 1. The van der Waals surface area contributed by atoms with Crippen LogP contribution in [-0.2, 0) is 10.0 Å². The summed E-state index contributed by atoms with van der Waals surface area (Å²) >= 11 is 0. The zero-order valence-electron chi connectivity index (χ0n) is 16.6. The molecule has 1 saturated heterocycles. The van der Waals surface area contributed by atoms with Crippen molar-refractivity contribution >= 4 is 26.8 Å². The summed E-state index contributed by atoms with van der Waals surface area (Å²) in [4.78, 5) is 18.1. The summed E-state index contributed by atoms with van der Waals surface area (Å²) < 4.78 is 27.4. The zero-order chi connectivity index (χ0) is 20.6. The minimum atomic E-state index is -3.55. The number of fused-ring (bicyclic) bond motifs is 1. The van der Waals surface area contributed by atoms with Gasteiger partial charge in [0.05, 0.1) is 10.5 Å². The first-order chi connectivity index (χ1) is 13.9. The van der Waals surface area contributed by atoms with Crippen LogP contribution in [0.25, 0.3) is 10.9 Å². The van der Waals surface area contributed by atoms with E-state index in [2.05, 4.69) is 18.8 Å². The molecular formula is C22H25N3O3S. The van der Waals surface area contributed by atoms with E-state index in [1.165, 1.54) is 4.31 Å². The van der Waals surface area contributed by atoms with Crippen LogP contribution < -0.4 is 0 Å². The zero-order valence-corrected chi connectivity index (χ0v) is 17.4. The number of aromatic amines is 1. The number of aromatic nitrogens is 1. The lowest BCUT2D eigenvalue weighted by Gasteiger charge is -2.34. The van der Waals surface area contributed by atoms with Crippen LogP contribution in [0.5, 0.6) is 0 Å². The number of nitrogens with one attached hydrogen (secondary N) is 1. The lowest BCUT2D eigenvalue weighted by atomic mass is 10.0. The van der Waals surface area contributed by atoms with E-state index in [0.29, 0.717) is 42.6 Å². The second kappa shape index (κ2) is 7.65. The van der Waals surface area contributed by atoms with E-state index in [4.69, 9.17) is 0 Å². The molecule has 2 heterocycles. The number of carbonyl (C=O) groups excluding carboxylic acids is 1. The van der Waals surface area contributed by atoms with Gasteiger partial charge in [0.25, 0.3) is 5.91 Å². The van der Waals surface area contributed by atoms with Crippen molar-refractivity contribution in [1.29, 1.82) is 0 Å². The molecule has 1 N–H and O–H groups in total. The van der Waals surface area contributed by atoms with Gasteiger partial charge < -0.3 is 9.88 Å². The van der Waals surface area contributed by atoms with Gasteiger partial charge in [-0.2, -0.15) is 4.31 Å². The van der Waals surface area contributed by atoms with Crippen LogP contribution in [-0.4, -0.2) is 54.7 Å². The summed E-state index contributed by atoms with van der Waals surface area (Å²) in [5.74, 6) is 0.284. The second-order valence-electron chi connectivity index (χ2n) is 7.67. The number of hydrogen-bond acceptors (Lipinski definition) is 3. The lowest BCUT2D eigenvalue weighted by Crippen LogP contribution is -2.50. The highest BCUT2D eigenvalue weighted by molar-refractivity contribution is 7.89. The van der Waals surface area contributed by atoms with Gasteiger partial charge in [-0.25, -0.2) is 8.42 Å². The maximum atomic E-state index is 13.0. The average Bonchev–Trinajstić information content (AvgIpc) is 3.17. The van der Waals surface area contributed by atoms with E-state index >= 15 is 0 Å². The van der Waals surface area contributed by atoms with Gasteiger partial charge in [0.1, 0.15) is 0 Å². The Labute approximate surface area is 171 Å². The molecule has 1 aromatic heterocycles. The smallest absolute Gasteiger partial charge is 0.256 e. The summed E-state index contributed by atoms with van der Waals surface area (Å²) in [5, 5.41) is 0.887. The van der Waals surface area contributed by atoms with Gasteiger partial charge in [-0.3, -0.25) is 4.79 Å². The van der Waals surface area contributed by atoms with E-state index in [0.717, 1.165) is 16.5 Å². The molecule has 0 aliphatic carbocycles. The van der Waals surface area contributed by atoms with Gasteiger partial charge in [-0.05, 0) is 29.7 Å². The Hall–Kier alpha value is -2.64. The molecule has 0 spiro atoms. The van der Waals surface area contributed by atoms with Crippen molar-refractivity contribution in [3.63, 3.8) is 0 Å². The highest BCUT2D eigenvalue weighted by Gasteiger charge is 2.31. The molecule has 4 rings (SSSR count). The topological polar surface area (TPSA) is 73.5 Å². The number of amides is 1. The molecular weight excluding hydrogens is 386 g/mol. The minimum Gasteiger partial charge on any atom is -0.360 e. The van der Waals surface area contributed by atoms with E-state index in [1.54, 1.807) is 23.2 Å². The molecule has 3 aromatic rings. The van der Waals surface area contributed by atoms with Crippen LogP contribution in [0, 0.1) is 0 Å². The molecule has 1 amide bonds. The van der Waals surface area contributed by atoms with Gasteiger partial charge in [0, 0.05) is 43.3 Å². The van der Waals surface area contributed by atoms with E-state index < -0.39 is 10.0 Å². The average molecular weight is 412 g/mol. The first-order valence-electron chi connectivity index (χ1n) is 9.83. The number of sulfonamides is 1. The third-order valence-electron chi connectivity index (χ3n) is 5.53. The Morgan fingerprint density at radius 1 is 0.966 bits per heavy atom. The number of rotatable bonds is 4. The number of benzene rings is 2. The van der Waals surface area contributed by atoms with Crippen LogP contribution in [0.1, 0.15) is 35.7 Å². The first kappa shape index (κ1) is 19.7. The monoisotopic (exact) mass is 411 g/mol. The molecule has 6 nitrogen and oxygen atoms in total. The van der Waals surface area contributed by atoms with E-state index in [-0.39, 0.29) is 5.91 Å². The van der Waals surface area contributed by atoms with Crippen LogP contribution in [0.4, 0.5) is 0 Å². The Kier molecular flexibility index (Phi) is 5.19. The maximum absolute atomic E-state index is 13.0. The molecule has 29 heavy (non-hydrogen) atoms. The Morgan fingerprint density at radius 2 is 1.62 bits per heavy atom. The summed E-state index contributed by atoms with van der Waals surface area (Å²) in [6.45, 7) is 5.49. The third kappa shape index (κ3) is 3.68. The van der Waals surface area contributed by atoms with Crippen LogP contribution in [0.2, 0.25) is 0 Å². The molecule has 1 fully saturated rings. The molecule has 0 bridgehead atoms. The first-order valence-corrected chi connectivity index (χ1v) is 11.3. The molecule has 0 radical (unpaired) electrons. The molecule has 1 aliphatic rings. The molecule has 7 heteroatoms. The SMILES string of the molecule is CC(C)c1ccc(S(=O)(=O)N2CCN(C(=O)c3c[nH]c4ccccc34)CC2)cc1. The van der Waals surface area contributed by atoms with Crippen LogP contribution >= 0.6 is 0 Å². The van der Waals surface area contributed by atoms with Crippen molar-refractivity contribution in [3.05, 3.63) is 65.9 Å². The van der Waals surface area contributed by atoms with E-state index in [1.807, 2.05) is 36.4 Å². The number of para-hydroxylation sites is 1. The molecule has 2 aromatic carbocycles. The summed E-state index contributed by atoms with van der Waals surface area (Å²) in [7, 11) is -3.55. The highest BCUT2D eigenvalue weighted by Crippen LogP contribution is 2.23. The number of nitrogens with zero attached hydrogens (tertiary/aromatic N) is 2. The highest BCUT2D eigenvalue weighted by atomic mass is 32.2. The van der Waals surface area contributed by atoms with Crippen molar-refractivity contribution in [1.82, 2.24) is 14.2 Å². The van der Waals surface area contributed by atoms with Crippen LogP contribution in [0.3, 0.4) is 0 Å². The number of carbonyl (C=O) groups is 1. The van der Waals surface area contributed by atoms with Crippen molar-refractivity contribution in [2.45, 2.75) is 24.7 Å². The molecule has 1 aliphatic heterocycles. The standard InChI is InChI=1S/C22H25N3O3S/c1-16(2)17-7-9-18(10-8-17)29(27,28)25-13-11-24(12-14-25)22(26)20-15-23-21-6-4-3-5-19(20)21/h3-10,15-16,23H,11-14H2,1-2H3. The predicted molar refractivity (Wildman–Crippen MR) is 113 cm³/mol. The molecule has 152 valence electrons. The number of H-pyrrole nitrogens is 1. The maximum Gasteiger partial charge on any atom is 0.256 e. The van der Waals surface area contributed by atoms with Gasteiger partial charge in [-0.15, -0.1) is 0 Å².